The Bertz CT molecular complexity index is 359. The predicted octanol–water partition coefficient (Wildman–Crippen LogP) is 1.80. The van der Waals surface area contributed by atoms with Crippen molar-refractivity contribution in [3.8, 4) is 5.75 Å². The highest BCUT2D eigenvalue weighted by atomic mass is 16.5. The first-order valence-corrected chi connectivity index (χ1v) is 4.60. The van der Waals surface area contributed by atoms with E-state index in [9.17, 15) is 4.79 Å². The second kappa shape index (κ2) is 4.13. The lowest BCUT2D eigenvalue weighted by Crippen LogP contribution is -2.15. The van der Waals surface area contributed by atoms with Crippen LogP contribution >= 0.6 is 0 Å². The van der Waals surface area contributed by atoms with Gasteiger partial charge in [0.25, 0.3) is 5.91 Å². The Hall–Kier alpha value is -1.51. The molecule has 14 heavy (non-hydrogen) atoms. The van der Waals surface area contributed by atoms with Crippen molar-refractivity contribution in [2.75, 3.05) is 6.61 Å². The lowest BCUT2D eigenvalue weighted by atomic mass is 10.0. The van der Waals surface area contributed by atoms with Crippen molar-refractivity contribution in [2.45, 2.75) is 20.8 Å². The molecule has 0 aromatic heterocycles. The van der Waals surface area contributed by atoms with Gasteiger partial charge in [0.2, 0.25) is 0 Å². The van der Waals surface area contributed by atoms with Gasteiger partial charge >= 0.3 is 0 Å². The largest absolute Gasteiger partial charge is 0.493 e. The summed E-state index contributed by atoms with van der Waals surface area (Å²) in [5.74, 6) is 0.176. The fourth-order valence-electron chi connectivity index (χ4n) is 1.42. The number of carbonyl (C=O) groups is 1. The molecule has 0 unspecified atom stereocenters. The summed E-state index contributed by atoms with van der Waals surface area (Å²) in [4.78, 5) is 11.2. The minimum absolute atomic E-state index is 0.436. The molecule has 0 atom stereocenters. The van der Waals surface area contributed by atoms with E-state index in [0.717, 1.165) is 11.1 Å². The zero-order valence-corrected chi connectivity index (χ0v) is 8.76. The van der Waals surface area contributed by atoms with Gasteiger partial charge in [-0.1, -0.05) is 12.1 Å². The standard InChI is InChI=1S/C11H15NO2/c1-4-14-10-8(3)6-5-7(2)9(10)11(12)13/h5-6H,4H2,1-3H3,(H2,12,13). The number of amides is 1. The molecule has 0 aliphatic heterocycles. The van der Waals surface area contributed by atoms with Crippen molar-refractivity contribution in [1.82, 2.24) is 0 Å². The van der Waals surface area contributed by atoms with Crippen molar-refractivity contribution in [3.63, 3.8) is 0 Å². The number of rotatable bonds is 3. The number of nitrogens with two attached hydrogens (primary N) is 1. The summed E-state index contributed by atoms with van der Waals surface area (Å²) in [5.41, 5.74) is 7.58. The third kappa shape index (κ3) is 1.87. The van der Waals surface area contributed by atoms with E-state index in [1.807, 2.05) is 32.9 Å². The van der Waals surface area contributed by atoms with Gasteiger partial charge in [-0.25, -0.2) is 0 Å². The maximum Gasteiger partial charge on any atom is 0.252 e. The normalized spacial score (nSPS) is 9.93. The third-order valence-corrected chi connectivity index (χ3v) is 2.10. The fraction of sp³-hybridized carbons (Fsp3) is 0.364. The number of benzene rings is 1. The molecule has 0 aliphatic carbocycles. The maximum atomic E-state index is 11.2. The summed E-state index contributed by atoms with van der Waals surface area (Å²) in [6.07, 6.45) is 0. The van der Waals surface area contributed by atoms with E-state index >= 15 is 0 Å². The van der Waals surface area contributed by atoms with Crippen molar-refractivity contribution in [3.05, 3.63) is 28.8 Å². The lowest BCUT2D eigenvalue weighted by Gasteiger charge is -2.12. The average Bonchev–Trinajstić information content (AvgIpc) is 2.11. The topological polar surface area (TPSA) is 52.3 Å². The van der Waals surface area contributed by atoms with E-state index in [4.69, 9.17) is 10.5 Å². The van der Waals surface area contributed by atoms with E-state index in [1.165, 1.54) is 0 Å². The number of carbonyl (C=O) groups excluding carboxylic acids is 1. The smallest absolute Gasteiger partial charge is 0.252 e. The Kier molecular flexibility index (Phi) is 3.12. The number of primary amides is 1. The van der Waals surface area contributed by atoms with Crippen LogP contribution in [0.15, 0.2) is 12.1 Å². The fourth-order valence-corrected chi connectivity index (χ4v) is 1.42. The molecule has 0 saturated carbocycles. The van der Waals surface area contributed by atoms with Gasteiger partial charge in [-0.3, -0.25) is 4.79 Å². The van der Waals surface area contributed by atoms with E-state index in [0.29, 0.717) is 17.9 Å². The molecule has 2 N–H and O–H groups in total. The van der Waals surface area contributed by atoms with Crippen LogP contribution in [0.2, 0.25) is 0 Å². The van der Waals surface area contributed by atoms with Gasteiger partial charge in [0.1, 0.15) is 5.75 Å². The summed E-state index contributed by atoms with van der Waals surface area (Å²) < 4.78 is 5.41. The van der Waals surface area contributed by atoms with E-state index in [-0.39, 0.29) is 0 Å². The Morgan fingerprint density at radius 1 is 1.36 bits per heavy atom. The molecule has 1 aromatic rings. The Morgan fingerprint density at radius 3 is 2.43 bits per heavy atom. The summed E-state index contributed by atoms with van der Waals surface area (Å²) in [5, 5.41) is 0. The van der Waals surface area contributed by atoms with Crippen LogP contribution in [0, 0.1) is 13.8 Å². The van der Waals surface area contributed by atoms with Crippen molar-refractivity contribution < 1.29 is 9.53 Å². The first-order chi connectivity index (χ1) is 6.57. The molecule has 1 rings (SSSR count). The average molecular weight is 193 g/mol. The Balaban J connectivity index is 3.33. The maximum absolute atomic E-state index is 11.2. The van der Waals surface area contributed by atoms with E-state index in [1.54, 1.807) is 0 Å². The first-order valence-electron chi connectivity index (χ1n) is 4.60. The van der Waals surface area contributed by atoms with Crippen LogP contribution < -0.4 is 10.5 Å². The van der Waals surface area contributed by atoms with Crippen LogP contribution in [0.3, 0.4) is 0 Å². The van der Waals surface area contributed by atoms with Gasteiger partial charge in [-0.15, -0.1) is 0 Å². The molecule has 0 spiro atoms. The molecule has 1 aromatic carbocycles. The highest BCUT2D eigenvalue weighted by Gasteiger charge is 2.14. The lowest BCUT2D eigenvalue weighted by molar-refractivity contribution is 0.0996. The Morgan fingerprint density at radius 2 is 1.93 bits per heavy atom. The summed E-state index contributed by atoms with van der Waals surface area (Å²) in [7, 11) is 0. The van der Waals surface area contributed by atoms with Gasteiger partial charge in [0, 0.05) is 0 Å². The molecule has 0 aliphatic rings. The minimum Gasteiger partial charge on any atom is -0.493 e. The van der Waals surface area contributed by atoms with Gasteiger partial charge < -0.3 is 10.5 Å². The molecule has 0 heterocycles. The molecule has 0 bridgehead atoms. The third-order valence-electron chi connectivity index (χ3n) is 2.10. The predicted molar refractivity (Wildman–Crippen MR) is 55.6 cm³/mol. The van der Waals surface area contributed by atoms with E-state index < -0.39 is 5.91 Å². The van der Waals surface area contributed by atoms with Crippen LogP contribution in [0.1, 0.15) is 28.4 Å². The zero-order chi connectivity index (χ0) is 10.7. The van der Waals surface area contributed by atoms with Gasteiger partial charge in [-0.05, 0) is 31.9 Å². The van der Waals surface area contributed by atoms with Crippen LogP contribution in [-0.4, -0.2) is 12.5 Å². The summed E-state index contributed by atoms with van der Waals surface area (Å²) in [6, 6.07) is 3.80. The molecule has 3 heteroatoms. The van der Waals surface area contributed by atoms with Gasteiger partial charge in [-0.2, -0.15) is 0 Å². The van der Waals surface area contributed by atoms with Crippen LogP contribution in [0.4, 0.5) is 0 Å². The molecular weight excluding hydrogens is 178 g/mol. The van der Waals surface area contributed by atoms with Gasteiger partial charge in [0.15, 0.2) is 0 Å². The molecule has 1 amide bonds. The molecule has 0 saturated heterocycles. The highest BCUT2D eigenvalue weighted by molar-refractivity contribution is 5.97. The SMILES string of the molecule is CCOc1c(C)ccc(C)c1C(N)=O. The van der Waals surface area contributed by atoms with Crippen molar-refractivity contribution in [2.24, 2.45) is 5.73 Å². The molecule has 0 fully saturated rings. The summed E-state index contributed by atoms with van der Waals surface area (Å²) in [6.45, 7) is 6.16. The van der Waals surface area contributed by atoms with Crippen molar-refractivity contribution >= 4 is 5.91 Å². The van der Waals surface area contributed by atoms with Crippen LogP contribution in [0.25, 0.3) is 0 Å². The molecular formula is C11H15NO2. The van der Waals surface area contributed by atoms with Crippen molar-refractivity contribution in [1.29, 1.82) is 0 Å². The van der Waals surface area contributed by atoms with Crippen LogP contribution in [-0.2, 0) is 0 Å². The second-order valence-electron chi connectivity index (χ2n) is 3.20. The number of aryl methyl sites for hydroxylation is 2. The molecule has 0 radical (unpaired) electrons. The number of hydrogen-bond acceptors (Lipinski definition) is 2. The number of hydrogen-bond donors (Lipinski definition) is 1. The minimum atomic E-state index is -0.436. The Labute approximate surface area is 83.9 Å². The zero-order valence-electron chi connectivity index (χ0n) is 8.76. The van der Waals surface area contributed by atoms with E-state index in [2.05, 4.69) is 0 Å². The monoisotopic (exact) mass is 193 g/mol. The first kappa shape index (κ1) is 10.6. The quantitative estimate of drug-likeness (QED) is 0.795. The van der Waals surface area contributed by atoms with Crippen LogP contribution in [0.5, 0.6) is 5.75 Å². The summed E-state index contributed by atoms with van der Waals surface area (Å²) >= 11 is 0. The number of ether oxygens (including phenoxy) is 1. The second-order valence-corrected chi connectivity index (χ2v) is 3.20. The molecule has 76 valence electrons. The molecule has 3 nitrogen and oxygen atoms in total. The van der Waals surface area contributed by atoms with Gasteiger partial charge in [0.05, 0.1) is 12.2 Å². The highest BCUT2D eigenvalue weighted by Crippen LogP contribution is 2.26.